The molecule has 0 unspecified atom stereocenters. The number of nitrogen functional groups attached to an aromatic ring is 1. The van der Waals surface area contributed by atoms with Gasteiger partial charge in [0.15, 0.2) is 0 Å². The first-order chi connectivity index (χ1) is 11.6. The molecule has 0 saturated carbocycles. The summed E-state index contributed by atoms with van der Waals surface area (Å²) in [6.07, 6.45) is 2.59. The molecule has 4 heteroatoms. The molecule has 3 aromatic rings. The van der Waals surface area contributed by atoms with Gasteiger partial charge in [-0.25, -0.2) is 4.98 Å². The minimum Gasteiger partial charge on any atom is -0.384 e. The summed E-state index contributed by atoms with van der Waals surface area (Å²) in [5, 5.41) is 0. The maximum atomic E-state index is 11.2. The summed E-state index contributed by atoms with van der Waals surface area (Å²) in [4.78, 5) is 15.3. The zero-order valence-electron chi connectivity index (χ0n) is 13.3. The van der Waals surface area contributed by atoms with Crippen molar-refractivity contribution in [1.29, 1.82) is 0 Å². The average molecular weight is 317 g/mol. The Morgan fingerprint density at radius 3 is 2.42 bits per heavy atom. The summed E-state index contributed by atoms with van der Waals surface area (Å²) in [7, 11) is 0. The van der Waals surface area contributed by atoms with Crippen LogP contribution in [0, 0.1) is 0 Å². The van der Waals surface area contributed by atoms with Gasteiger partial charge in [-0.15, -0.1) is 0 Å². The molecule has 0 aliphatic carbocycles. The lowest BCUT2D eigenvalue weighted by Gasteiger charge is -2.12. The molecule has 2 aromatic carbocycles. The van der Waals surface area contributed by atoms with E-state index in [9.17, 15) is 4.79 Å². The van der Waals surface area contributed by atoms with Crippen LogP contribution < -0.4 is 11.5 Å². The van der Waals surface area contributed by atoms with Crippen LogP contribution in [-0.2, 0) is 11.2 Å². The fourth-order valence-corrected chi connectivity index (χ4v) is 2.77. The molecule has 1 heterocycles. The smallest absolute Gasteiger partial charge is 0.217 e. The number of rotatable bonds is 5. The molecule has 0 aliphatic heterocycles. The van der Waals surface area contributed by atoms with Crippen molar-refractivity contribution in [3.05, 3.63) is 72.4 Å². The molecule has 120 valence electrons. The summed E-state index contributed by atoms with van der Waals surface area (Å²) in [5.41, 5.74) is 16.5. The Bertz CT molecular complexity index is 860. The van der Waals surface area contributed by atoms with Crippen molar-refractivity contribution in [3.63, 3.8) is 0 Å². The van der Waals surface area contributed by atoms with Gasteiger partial charge in [-0.05, 0) is 46.4 Å². The van der Waals surface area contributed by atoms with Crippen LogP contribution in [0.25, 0.3) is 22.3 Å². The molecule has 4 N–H and O–H groups in total. The molecule has 0 radical (unpaired) electrons. The Kier molecular flexibility index (Phi) is 4.57. The van der Waals surface area contributed by atoms with Crippen LogP contribution in [0.15, 0.2) is 66.9 Å². The largest absolute Gasteiger partial charge is 0.384 e. The zero-order valence-corrected chi connectivity index (χ0v) is 13.3. The second-order valence-corrected chi connectivity index (χ2v) is 5.67. The van der Waals surface area contributed by atoms with E-state index < -0.39 is 0 Å². The van der Waals surface area contributed by atoms with E-state index >= 15 is 0 Å². The predicted octanol–water partition coefficient (Wildman–Crippen LogP) is 3.42. The lowest BCUT2D eigenvalue weighted by Crippen LogP contribution is -2.11. The number of carbonyl (C=O) groups is 1. The van der Waals surface area contributed by atoms with Crippen molar-refractivity contribution in [2.24, 2.45) is 5.73 Å². The van der Waals surface area contributed by atoms with Crippen molar-refractivity contribution in [3.8, 4) is 22.3 Å². The van der Waals surface area contributed by atoms with E-state index in [0.29, 0.717) is 18.7 Å². The Hall–Kier alpha value is -3.14. The number of benzene rings is 2. The monoisotopic (exact) mass is 317 g/mol. The fraction of sp³-hybridized carbons (Fsp3) is 0.100. The summed E-state index contributed by atoms with van der Waals surface area (Å²) < 4.78 is 0. The van der Waals surface area contributed by atoms with E-state index in [-0.39, 0.29) is 5.91 Å². The first kappa shape index (κ1) is 15.7. The SMILES string of the molecule is NC(=O)CCc1cc(-c2ccccc2)ccc1-c1ccnc(N)c1. The molecule has 1 aromatic heterocycles. The number of nitrogens with two attached hydrogens (primary N) is 2. The van der Waals surface area contributed by atoms with Crippen molar-refractivity contribution >= 4 is 11.7 Å². The van der Waals surface area contributed by atoms with Gasteiger partial charge in [-0.2, -0.15) is 0 Å². The van der Waals surface area contributed by atoms with Crippen LogP contribution >= 0.6 is 0 Å². The number of anilines is 1. The van der Waals surface area contributed by atoms with Crippen LogP contribution in [0.4, 0.5) is 5.82 Å². The van der Waals surface area contributed by atoms with Crippen LogP contribution in [0.5, 0.6) is 0 Å². The van der Waals surface area contributed by atoms with Gasteiger partial charge in [-0.1, -0.05) is 48.5 Å². The molecule has 0 aliphatic rings. The van der Waals surface area contributed by atoms with Crippen LogP contribution in [-0.4, -0.2) is 10.9 Å². The highest BCUT2D eigenvalue weighted by Gasteiger charge is 2.09. The van der Waals surface area contributed by atoms with E-state index in [0.717, 1.165) is 27.8 Å². The number of pyridine rings is 1. The lowest BCUT2D eigenvalue weighted by molar-refractivity contribution is -0.117. The highest BCUT2D eigenvalue weighted by atomic mass is 16.1. The standard InChI is InChI=1S/C20H19N3O/c21-19-13-17(10-11-23-19)18-8-6-15(14-4-2-1-3-5-14)12-16(18)7-9-20(22)24/h1-6,8,10-13H,7,9H2,(H2,21,23)(H2,22,24). The van der Waals surface area contributed by atoms with Gasteiger partial charge in [0.1, 0.15) is 5.82 Å². The number of nitrogens with zero attached hydrogens (tertiary/aromatic N) is 1. The average Bonchev–Trinajstić information content (AvgIpc) is 2.60. The number of hydrogen-bond donors (Lipinski definition) is 2. The van der Waals surface area contributed by atoms with E-state index in [2.05, 4.69) is 35.3 Å². The van der Waals surface area contributed by atoms with Crippen LogP contribution in [0.3, 0.4) is 0 Å². The Morgan fingerprint density at radius 1 is 0.917 bits per heavy atom. The van der Waals surface area contributed by atoms with Crippen molar-refractivity contribution in [2.75, 3.05) is 5.73 Å². The van der Waals surface area contributed by atoms with E-state index in [1.165, 1.54) is 0 Å². The molecule has 24 heavy (non-hydrogen) atoms. The topological polar surface area (TPSA) is 82.0 Å². The second kappa shape index (κ2) is 6.96. The van der Waals surface area contributed by atoms with E-state index in [1.807, 2.05) is 30.3 Å². The highest BCUT2D eigenvalue weighted by molar-refractivity contribution is 5.77. The van der Waals surface area contributed by atoms with Crippen molar-refractivity contribution in [2.45, 2.75) is 12.8 Å². The Balaban J connectivity index is 2.06. The quantitative estimate of drug-likeness (QED) is 0.756. The minimum atomic E-state index is -0.305. The van der Waals surface area contributed by atoms with Crippen molar-refractivity contribution < 1.29 is 4.79 Å². The van der Waals surface area contributed by atoms with Gasteiger partial charge in [0.05, 0.1) is 0 Å². The fourth-order valence-electron chi connectivity index (χ4n) is 2.77. The number of hydrogen-bond acceptors (Lipinski definition) is 3. The van der Waals surface area contributed by atoms with Crippen molar-refractivity contribution in [1.82, 2.24) is 4.98 Å². The van der Waals surface area contributed by atoms with Gasteiger partial charge in [0, 0.05) is 12.6 Å². The first-order valence-corrected chi connectivity index (χ1v) is 7.82. The molecule has 0 saturated heterocycles. The van der Waals surface area contributed by atoms with Gasteiger partial charge >= 0.3 is 0 Å². The molecule has 0 spiro atoms. The maximum Gasteiger partial charge on any atom is 0.217 e. The van der Waals surface area contributed by atoms with E-state index in [1.54, 1.807) is 6.20 Å². The third kappa shape index (κ3) is 3.60. The highest BCUT2D eigenvalue weighted by Crippen LogP contribution is 2.30. The molecule has 0 atom stereocenters. The van der Waals surface area contributed by atoms with Gasteiger partial charge in [0.25, 0.3) is 0 Å². The summed E-state index contributed by atoms with van der Waals surface area (Å²) in [5.74, 6) is 0.167. The number of amides is 1. The number of primary amides is 1. The summed E-state index contributed by atoms with van der Waals surface area (Å²) >= 11 is 0. The van der Waals surface area contributed by atoms with E-state index in [4.69, 9.17) is 11.5 Å². The normalized spacial score (nSPS) is 10.5. The van der Waals surface area contributed by atoms with Crippen LogP contribution in [0.2, 0.25) is 0 Å². The zero-order chi connectivity index (χ0) is 16.9. The minimum absolute atomic E-state index is 0.305. The summed E-state index contributed by atoms with van der Waals surface area (Å²) in [6, 6.07) is 20.2. The Labute approximate surface area is 141 Å². The number of aryl methyl sites for hydroxylation is 1. The number of carbonyl (C=O) groups excluding carboxylic acids is 1. The summed E-state index contributed by atoms with van der Waals surface area (Å²) in [6.45, 7) is 0. The first-order valence-electron chi connectivity index (χ1n) is 7.82. The van der Waals surface area contributed by atoms with Gasteiger partial charge < -0.3 is 11.5 Å². The molecule has 0 fully saturated rings. The maximum absolute atomic E-state index is 11.2. The number of aromatic nitrogens is 1. The van der Waals surface area contributed by atoms with Gasteiger partial charge in [-0.3, -0.25) is 4.79 Å². The molecule has 0 bridgehead atoms. The molecular weight excluding hydrogens is 298 g/mol. The molecule has 3 rings (SSSR count). The predicted molar refractivity (Wildman–Crippen MR) is 97.0 cm³/mol. The molecule has 4 nitrogen and oxygen atoms in total. The van der Waals surface area contributed by atoms with Gasteiger partial charge in [0.2, 0.25) is 5.91 Å². The van der Waals surface area contributed by atoms with Crippen LogP contribution in [0.1, 0.15) is 12.0 Å². The molecule has 1 amide bonds. The lowest BCUT2D eigenvalue weighted by atomic mass is 9.93. The Morgan fingerprint density at radius 2 is 1.71 bits per heavy atom. The molecular formula is C20H19N3O. The third-order valence-corrected chi connectivity index (χ3v) is 3.95. The third-order valence-electron chi connectivity index (χ3n) is 3.95. The second-order valence-electron chi connectivity index (χ2n) is 5.67.